The first-order valence-corrected chi connectivity index (χ1v) is 9.80. The molecule has 0 aliphatic carbocycles. The van der Waals surface area contributed by atoms with Gasteiger partial charge in [-0.25, -0.2) is 4.98 Å². The minimum atomic E-state index is 0.416. The highest BCUT2D eigenvalue weighted by Crippen LogP contribution is 2.33. The largest absolute Gasteiger partial charge is 0.383 e. The fourth-order valence-electron chi connectivity index (χ4n) is 3.46. The summed E-state index contributed by atoms with van der Waals surface area (Å²) in [6.07, 6.45) is 6.24. The summed E-state index contributed by atoms with van der Waals surface area (Å²) in [6.45, 7) is 3.52. The molecule has 0 saturated carbocycles. The Labute approximate surface area is 157 Å². The highest BCUT2D eigenvalue weighted by atomic mass is 32.1. The zero-order chi connectivity index (χ0) is 17.8. The summed E-state index contributed by atoms with van der Waals surface area (Å²) in [5, 5.41) is 10.8. The second kappa shape index (κ2) is 7.97. The molecule has 1 fully saturated rings. The van der Waals surface area contributed by atoms with Crippen LogP contribution in [0.5, 0.6) is 0 Å². The molecule has 0 spiro atoms. The second-order valence-electron chi connectivity index (χ2n) is 6.51. The summed E-state index contributed by atoms with van der Waals surface area (Å²) in [6, 6.07) is 10.2. The van der Waals surface area contributed by atoms with E-state index in [0.717, 1.165) is 54.0 Å². The quantitative estimate of drug-likeness (QED) is 0.666. The van der Waals surface area contributed by atoms with E-state index in [1.165, 1.54) is 0 Å². The Balaban J connectivity index is 1.49. The molecule has 0 unspecified atom stereocenters. The van der Waals surface area contributed by atoms with E-state index in [1.54, 1.807) is 18.4 Å². The number of anilines is 1. The molecule has 1 atom stereocenters. The van der Waals surface area contributed by atoms with Crippen molar-refractivity contribution in [2.24, 2.45) is 0 Å². The molecule has 26 heavy (non-hydrogen) atoms. The number of benzene rings is 1. The predicted octanol–water partition coefficient (Wildman–Crippen LogP) is 3.43. The lowest BCUT2D eigenvalue weighted by Crippen LogP contribution is -2.35. The van der Waals surface area contributed by atoms with E-state index in [1.807, 2.05) is 30.6 Å². The summed E-state index contributed by atoms with van der Waals surface area (Å²) in [5.74, 6) is 1.57. The van der Waals surface area contributed by atoms with Crippen molar-refractivity contribution in [3.8, 4) is 10.6 Å². The molecule has 0 amide bonds. The fraction of sp³-hybridized carbons (Fsp3) is 0.421. The van der Waals surface area contributed by atoms with Crippen molar-refractivity contribution in [2.45, 2.75) is 25.3 Å². The third-order valence-electron chi connectivity index (χ3n) is 4.78. The van der Waals surface area contributed by atoms with Crippen molar-refractivity contribution in [2.75, 3.05) is 31.7 Å². The predicted molar refractivity (Wildman–Crippen MR) is 104 cm³/mol. The molecular weight excluding hydrogens is 346 g/mol. The first kappa shape index (κ1) is 17.2. The van der Waals surface area contributed by atoms with Gasteiger partial charge in [0.25, 0.3) is 0 Å². The van der Waals surface area contributed by atoms with Crippen LogP contribution in [0.25, 0.3) is 10.6 Å². The smallest absolute Gasteiger partial charge is 0.208 e. The van der Waals surface area contributed by atoms with Gasteiger partial charge in [-0.3, -0.25) is 0 Å². The van der Waals surface area contributed by atoms with Crippen LogP contribution in [-0.4, -0.2) is 46.6 Å². The molecule has 2 aromatic heterocycles. The van der Waals surface area contributed by atoms with E-state index in [2.05, 4.69) is 36.8 Å². The molecule has 3 aromatic rings. The average molecular weight is 369 g/mol. The molecule has 136 valence electrons. The second-order valence-corrected chi connectivity index (χ2v) is 7.47. The first-order chi connectivity index (χ1) is 12.8. The molecule has 7 heteroatoms. The fourth-order valence-corrected chi connectivity index (χ4v) is 4.35. The highest BCUT2D eigenvalue weighted by molar-refractivity contribution is 7.18. The lowest BCUT2D eigenvalue weighted by molar-refractivity contribution is 0.185. The Morgan fingerprint density at radius 3 is 2.96 bits per heavy atom. The molecule has 1 aliphatic rings. The molecule has 1 aliphatic heterocycles. The van der Waals surface area contributed by atoms with E-state index in [0.29, 0.717) is 12.5 Å². The number of rotatable bonds is 6. The van der Waals surface area contributed by atoms with Gasteiger partial charge >= 0.3 is 0 Å². The summed E-state index contributed by atoms with van der Waals surface area (Å²) in [7, 11) is 1.73. The van der Waals surface area contributed by atoms with Crippen molar-refractivity contribution in [3.63, 3.8) is 0 Å². The third kappa shape index (κ3) is 3.64. The maximum Gasteiger partial charge on any atom is 0.208 e. The molecule has 0 bridgehead atoms. The van der Waals surface area contributed by atoms with E-state index < -0.39 is 0 Å². The standard InChI is InChI=1S/C19H23N5OS/c1-25-13-12-23-11-9-20-17(23)16-8-5-10-24(14-16)19-22-21-18(26-19)15-6-3-2-4-7-15/h2-4,6-7,9,11,16H,5,8,10,12-14H2,1H3/t16-/m1/s1. The summed E-state index contributed by atoms with van der Waals surface area (Å²) in [4.78, 5) is 6.98. The minimum Gasteiger partial charge on any atom is -0.383 e. The number of methoxy groups -OCH3 is 1. The van der Waals surface area contributed by atoms with E-state index >= 15 is 0 Å². The van der Waals surface area contributed by atoms with Gasteiger partial charge in [0, 0.05) is 50.6 Å². The number of hydrogen-bond acceptors (Lipinski definition) is 6. The lowest BCUT2D eigenvalue weighted by Gasteiger charge is -2.32. The van der Waals surface area contributed by atoms with Crippen LogP contribution in [0.1, 0.15) is 24.6 Å². The number of imidazole rings is 1. The van der Waals surface area contributed by atoms with Crippen molar-refractivity contribution in [1.82, 2.24) is 19.7 Å². The molecule has 1 aromatic carbocycles. The number of piperidine rings is 1. The minimum absolute atomic E-state index is 0.416. The van der Waals surface area contributed by atoms with Crippen LogP contribution in [-0.2, 0) is 11.3 Å². The van der Waals surface area contributed by atoms with Gasteiger partial charge < -0.3 is 14.2 Å². The summed E-state index contributed by atoms with van der Waals surface area (Å²) < 4.78 is 7.43. The average Bonchev–Trinajstić information content (AvgIpc) is 3.37. The number of nitrogens with zero attached hydrogens (tertiary/aromatic N) is 5. The van der Waals surface area contributed by atoms with Crippen LogP contribution < -0.4 is 4.90 Å². The van der Waals surface area contributed by atoms with Crippen LogP contribution in [0.2, 0.25) is 0 Å². The van der Waals surface area contributed by atoms with E-state index in [-0.39, 0.29) is 0 Å². The number of ether oxygens (including phenoxy) is 1. The van der Waals surface area contributed by atoms with Crippen LogP contribution in [0.4, 0.5) is 5.13 Å². The van der Waals surface area contributed by atoms with Gasteiger partial charge in [-0.05, 0) is 12.8 Å². The molecule has 3 heterocycles. The molecule has 0 N–H and O–H groups in total. The molecular formula is C19H23N5OS. The van der Waals surface area contributed by atoms with E-state index in [4.69, 9.17) is 4.74 Å². The highest BCUT2D eigenvalue weighted by Gasteiger charge is 2.26. The van der Waals surface area contributed by atoms with Crippen LogP contribution >= 0.6 is 11.3 Å². The van der Waals surface area contributed by atoms with Gasteiger partial charge in [0.05, 0.1) is 6.61 Å². The molecule has 4 rings (SSSR count). The maximum atomic E-state index is 5.22. The Morgan fingerprint density at radius 1 is 1.23 bits per heavy atom. The van der Waals surface area contributed by atoms with Crippen molar-refractivity contribution in [1.29, 1.82) is 0 Å². The SMILES string of the molecule is COCCn1ccnc1[C@@H]1CCCN(c2nnc(-c3ccccc3)s2)C1. The van der Waals surface area contributed by atoms with Crippen LogP contribution in [0.3, 0.4) is 0 Å². The Morgan fingerprint density at radius 2 is 2.12 bits per heavy atom. The van der Waals surface area contributed by atoms with Crippen molar-refractivity contribution in [3.05, 3.63) is 48.5 Å². The van der Waals surface area contributed by atoms with Crippen LogP contribution in [0.15, 0.2) is 42.7 Å². The van der Waals surface area contributed by atoms with Crippen molar-refractivity contribution >= 4 is 16.5 Å². The lowest BCUT2D eigenvalue weighted by atomic mass is 9.97. The van der Waals surface area contributed by atoms with Crippen LogP contribution in [0, 0.1) is 0 Å². The van der Waals surface area contributed by atoms with E-state index in [9.17, 15) is 0 Å². The van der Waals surface area contributed by atoms with Gasteiger partial charge in [0.1, 0.15) is 10.8 Å². The Kier molecular flexibility index (Phi) is 5.26. The molecule has 1 saturated heterocycles. The maximum absolute atomic E-state index is 5.22. The third-order valence-corrected chi connectivity index (χ3v) is 5.81. The number of aromatic nitrogens is 4. The first-order valence-electron chi connectivity index (χ1n) is 8.99. The van der Waals surface area contributed by atoms with Gasteiger partial charge in [0.15, 0.2) is 0 Å². The summed E-state index contributed by atoms with van der Waals surface area (Å²) >= 11 is 1.67. The topological polar surface area (TPSA) is 56.1 Å². The molecule has 6 nitrogen and oxygen atoms in total. The molecule has 0 radical (unpaired) electrons. The van der Waals surface area contributed by atoms with Gasteiger partial charge in [-0.15, -0.1) is 10.2 Å². The zero-order valence-corrected chi connectivity index (χ0v) is 15.7. The van der Waals surface area contributed by atoms with Gasteiger partial charge in [0.2, 0.25) is 5.13 Å². The number of hydrogen-bond donors (Lipinski definition) is 0. The van der Waals surface area contributed by atoms with Gasteiger partial charge in [-0.1, -0.05) is 41.7 Å². The Bertz CT molecular complexity index is 831. The normalized spacial score (nSPS) is 17.6. The summed E-state index contributed by atoms with van der Waals surface area (Å²) in [5.41, 5.74) is 1.12. The monoisotopic (exact) mass is 369 g/mol. The Hall–Kier alpha value is -2.25. The van der Waals surface area contributed by atoms with Gasteiger partial charge in [-0.2, -0.15) is 0 Å². The van der Waals surface area contributed by atoms with Crippen molar-refractivity contribution < 1.29 is 4.74 Å². The zero-order valence-electron chi connectivity index (χ0n) is 14.9.